The fourth-order valence-electron chi connectivity index (χ4n) is 14.6. The third kappa shape index (κ3) is 8.86. The largest absolute Gasteiger partial charge is 0.454 e. The monoisotopic (exact) mass is 1170 g/mol. The Balaban J connectivity index is 1.03. The number of fused-ring (bicyclic) bond motifs is 14. The molecule has 0 amide bonds. The van der Waals surface area contributed by atoms with Crippen LogP contribution in [0, 0.1) is 0 Å². The van der Waals surface area contributed by atoms with Gasteiger partial charge in [0.2, 0.25) is 0 Å². The zero-order chi connectivity index (χ0) is 60.8. The average Bonchev–Trinajstić information content (AvgIpc) is 1.64. The maximum Gasteiger partial charge on any atom is 0.343 e. The topological polar surface area (TPSA) is 22.9 Å². The van der Waals surface area contributed by atoms with Gasteiger partial charge in [-0.2, -0.15) is 0 Å². The van der Waals surface area contributed by atoms with Crippen LogP contribution in [0.2, 0.25) is 0 Å². The number of para-hydroxylation sites is 1. The fraction of sp³-hybridized carbons (Fsp3) is 0.300. The third-order valence-electron chi connectivity index (χ3n) is 19.9. The summed E-state index contributed by atoms with van der Waals surface area (Å²) in [6, 6.07) is 66.2. The van der Waals surface area contributed by atoms with Gasteiger partial charge in [-0.25, -0.2) is 0 Å². The Kier molecular flexibility index (Phi) is 12.2. The number of furan rings is 1. The van der Waals surface area contributed by atoms with Gasteiger partial charge >= 0.3 is 6.85 Å². The summed E-state index contributed by atoms with van der Waals surface area (Å²) in [4.78, 5) is 7.81. The average molecular weight is 1170 g/mol. The van der Waals surface area contributed by atoms with Gasteiger partial charge < -0.3 is 19.0 Å². The minimum absolute atomic E-state index is 0.0112. The second kappa shape index (κ2) is 19.0. The highest BCUT2D eigenvalue weighted by Crippen LogP contribution is 2.57. The number of thiophene rings is 2. The van der Waals surface area contributed by atoms with E-state index < -0.39 is 0 Å². The van der Waals surface area contributed by atoms with Crippen molar-refractivity contribution in [1.82, 2.24) is 0 Å². The number of benzene rings is 9. The maximum atomic E-state index is 7.38. The van der Waals surface area contributed by atoms with Crippen molar-refractivity contribution in [3.63, 3.8) is 0 Å². The van der Waals surface area contributed by atoms with E-state index in [0.717, 1.165) is 63.2 Å². The summed E-state index contributed by atoms with van der Waals surface area (Å²) in [5, 5.41) is 6.12. The second-order valence-electron chi connectivity index (χ2n) is 30.9. The molecule has 3 aromatic heterocycles. The molecule has 2 aliphatic heterocycles. The standard InChI is InChI=1S/C80H80BN3OS2/c1-75(2,3)47-21-29-51(30-22-47)82(52-31-23-48(24-32-52)76(4,5)6)55-37-38-57-59-42-58-60-43-61-56-19-17-18-20-66(56)85-73(61)72-70(60)81(84(65(58)46-69(59)86-67(57)41-55)54-35-27-50(28-36-54)78(10,11)12)74-71(83(72)53-33-25-49(26-34-53)77(7,8)9)62-44-63-64(45-68(62)87-74)80(15,16)40-39-79(63,13)14/h17-38,41-46H,39-40H2,1-16H3. The van der Waals surface area contributed by atoms with Gasteiger partial charge in [-0.05, 0) is 187 Å². The zero-order valence-electron chi connectivity index (χ0n) is 53.7. The number of rotatable bonds is 5. The van der Waals surface area contributed by atoms with Gasteiger partial charge in [0.15, 0.2) is 5.58 Å². The van der Waals surface area contributed by atoms with Gasteiger partial charge in [0.05, 0.1) is 11.4 Å². The van der Waals surface area contributed by atoms with E-state index in [1.807, 2.05) is 22.7 Å². The van der Waals surface area contributed by atoms with E-state index in [9.17, 15) is 0 Å². The molecule has 7 heteroatoms. The summed E-state index contributed by atoms with van der Waals surface area (Å²) >= 11 is 3.92. The quantitative estimate of drug-likeness (QED) is 0.160. The van der Waals surface area contributed by atoms with Crippen molar-refractivity contribution < 1.29 is 4.42 Å². The predicted molar refractivity (Wildman–Crippen MR) is 380 cm³/mol. The first-order valence-corrected chi connectivity index (χ1v) is 33.2. The third-order valence-corrected chi connectivity index (χ3v) is 22.2. The molecule has 436 valence electrons. The summed E-state index contributed by atoms with van der Waals surface area (Å²) in [6.45, 7) is 37.4. The molecular formula is C80H80BN3OS2. The van der Waals surface area contributed by atoms with Gasteiger partial charge in [0.25, 0.3) is 0 Å². The molecule has 0 bridgehead atoms. The summed E-state index contributed by atoms with van der Waals surface area (Å²) in [6.07, 6.45) is 2.31. The number of hydrogen-bond acceptors (Lipinski definition) is 6. The Morgan fingerprint density at radius 2 is 0.931 bits per heavy atom. The Labute approximate surface area is 523 Å². The SMILES string of the molecule is CC(C)(C)c1ccc(N2B3c4sc5cc6c(cc5c4N(c4ccc(C(C)(C)C)cc4)c4c3c(cc3c4oc4ccccc43)-c3cc4c(cc32)sc2cc(N(c3ccc(C(C)(C)C)cc3)c3ccc(C(C)(C)C)cc3)ccc24)C(C)(C)CCC6(C)C)cc1. The molecule has 15 rings (SSSR count). The lowest BCUT2D eigenvalue weighted by molar-refractivity contribution is 0.332. The van der Waals surface area contributed by atoms with Crippen LogP contribution in [-0.4, -0.2) is 6.85 Å². The van der Waals surface area contributed by atoms with E-state index in [4.69, 9.17) is 4.42 Å². The van der Waals surface area contributed by atoms with Crippen LogP contribution in [0.4, 0.5) is 45.5 Å². The molecule has 12 aromatic rings. The molecule has 1 aliphatic carbocycles. The Morgan fingerprint density at radius 3 is 1.51 bits per heavy atom. The molecule has 0 spiro atoms. The van der Waals surface area contributed by atoms with Crippen LogP contribution in [0.1, 0.15) is 157 Å². The van der Waals surface area contributed by atoms with Crippen molar-refractivity contribution in [2.45, 2.75) is 156 Å². The summed E-state index contributed by atoms with van der Waals surface area (Å²) in [7, 11) is 0. The lowest BCUT2D eigenvalue weighted by atomic mass is 9.46. The number of nitrogens with zero attached hydrogens (tertiary/aromatic N) is 3. The lowest BCUT2D eigenvalue weighted by Gasteiger charge is -2.45. The van der Waals surface area contributed by atoms with E-state index in [-0.39, 0.29) is 39.3 Å². The molecule has 9 aromatic carbocycles. The van der Waals surface area contributed by atoms with Gasteiger partial charge in [0.1, 0.15) is 5.58 Å². The van der Waals surface area contributed by atoms with Crippen LogP contribution < -0.4 is 24.9 Å². The van der Waals surface area contributed by atoms with Crippen molar-refractivity contribution in [3.05, 3.63) is 203 Å². The first kappa shape index (κ1) is 56.0. The molecule has 0 atom stereocenters. The zero-order valence-corrected chi connectivity index (χ0v) is 55.4. The molecule has 87 heavy (non-hydrogen) atoms. The molecule has 5 heterocycles. The summed E-state index contributed by atoms with van der Waals surface area (Å²) < 4.78 is 12.6. The highest BCUT2D eigenvalue weighted by atomic mass is 32.1. The van der Waals surface area contributed by atoms with Crippen LogP contribution in [0.5, 0.6) is 0 Å². The van der Waals surface area contributed by atoms with Gasteiger partial charge in [-0.3, -0.25) is 0 Å². The van der Waals surface area contributed by atoms with Crippen molar-refractivity contribution in [2.75, 3.05) is 14.6 Å². The number of anilines is 8. The molecular weight excluding hydrogens is 1090 g/mol. The maximum absolute atomic E-state index is 7.38. The van der Waals surface area contributed by atoms with Crippen molar-refractivity contribution in [2.24, 2.45) is 0 Å². The van der Waals surface area contributed by atoms with Gasteiger partial charge in [0, 0.05) is 85.5 Å². The van der Waals surface area contributed by atoms with Crippen LogP contribution in [0.15, 0.2) is 174 Å². The molecule has 4 nitrogen and oxygen atoms in total. The minimum atomic E-state index is -0.183. The first-order valence-electron chi connectivity index (χ1n) is 31.5. The van der Waals surface area contributed by atoms with Crippen LogP contribution >= 0.6 is 22.7 Å². The van der Waals surface area contributed by atoms with Crippen molar-refractivity contribution >= 4 is 137 Å². The lowest BCUT2D eigenvalue weighted by Crippen LogP contribution is -2.60. The molecule has 3 aliphatic rings. The number of hydrogen-bond donors (Lipinski definition) is 0. The van der Waals surface area contributed by atoms with Crippen molar-refractivity contribution in [1.29, 1.82) is 0 Å². The molecule has 0 N–H and O–H groups in total. The second-order valence-corrected chi connectivity index (χ2v) is 33.1. The van der Waals surface area contributed by atoms with E-state index in [2.05, 4.69) is 295 Å². The normalized spacial score (nSPS) is 15.6. The highest BCUT2D eigenvalue weighted by molar-refractivity contribution is 7.32. The van der Waals surface area contributed by atoms with E-state index in [0.29, 0.717) is 0 Å². The van der Waals surface area contributed by atoms with E-state index >= 15 is 0 Å². The minimum Gasteiger partial charge on any atom is -0.454 e. The Morgan fingerprint density at radius 1 is 0.437 bits per heavy atom. The van der Waals surface area contributed by atoms with Crippen molar-refractivity contribution in [3.8, 4) is 11.1 Å². The summed E-state index contributed by atoms with van der Waals surface area (Å²) in [5.41, 5.74) is 23.3. The molecule has 0 radical (unpaired) electrons. The fourth-order valence-corrected chi connectivity index (χ4v) is 17.1. The van der Waals surface area contributed by atoms with Crippen LogP contribution in [-0.2, 0) is 32.5 Å². The Bertz CT molecular complexity index is 4720. The molecule has 0 saturated carbocycles. The molecule has 0 fully saturated rings. The van der Waals surface area contributed by atoms with E-state index in [1.165, 1.54) is 102 Å². The smallest absolute Gasteiger partial charge is 0.343 e. The molecule has 0 saturated heterocycles. The molecule has 0 unspecified atom stereocenters. The first-order chi connectivity index (χ1) is 41.1. The van der Waals surface area contributed by atoms with Crippen LogP contribution in [0.25, 0.3) is 63.3 Å². The van der Waals surface area contributed by atoms with E-state index in [1.54, 1.807) is 0 Å². The predicted octanol–water partition coefficient (Wildman–Crippen LogP) is 22.9. The van der Waals surface area contributed by atoms with Gasteiger partial charge in [-0.15, -0.1) is 22.7 Å². The highest BCUT2D eigenvalue weighted by Gasteiger charge is 2.50. The van der Waals surface area contributed by atoms with Crippen LogP contribution in [0.3, 0.4) is 0 Å². The van der Waals surface area contributed by atoms with Gasteiger partial charge in [-0.1, -0.05) is 184 Å². The summed E-state index contributed by atoms with van der Waals surface area (Å²) in [5.74, 6) is 0. The Hall–Kier alpha value is -7.58.